The van der Waals surface area contributed by atoms with Crippen molar-refractivity contribution in [3.8, 4) is 5.75 Å². The predicted octanol–water partition coefficient (Wildman–Crippen LogP) is 5.70. The topological polar surface area (TPSA) is 47.9 Å². The number of hydrogen-bond donors (Lipinski definition) is 2. The monoisotopic (exact) mass is 399 g/mol. The molecule has 2 heterocycles. The molecule has 0 bridgehead atoms. The van der Waals surface area contributed by atoms with E-state index in [9.17, 15) is 5.11 Å². The molecule has 152 valence electrons. The van der Waals surface area contributed by atoms with Crippen molar-refractivity contribution >= 4 is 23.0 Å². The molecule has 4 nitrogen and oxygen atoms in total. The number of aliphatic imine (C=N–C) groups is 1. The molecule has 0 spiro atoms. The molecule has 1 aromatic heterocycles. The second-order valence-electron chi connectivity index (χ2n) is 9.18. The molecule has 1 saturated heterocycles. The van der Waals surface area contributed by atoms with Gasteiger partial charge in [0.1, 0.15) is 5.75 Å². The third-order valence-corrected chi connectivity index (χ3v) is 6.10. The lowest BCUT2D eigenvalue weighted by Gasteiger charge is -2.37. The van der Waals surface area contributed by atoms with Crippen LogP contribution in [0.2, 0.25) is 0 Å². The summed E-state index contributed by atoms with van der Waals surface area (Å²) in [7, 11) is 0. The van der Waals surface area contributed by atoms with Crippen LogP contribution in [0, 0.1) is 11.8 Å². The fraction of sp³-hybridized carbons (Fsp3) is 0.522. The van der Waals surface area contributed by atoms with Crippen LogP contribution < -0.4 is 5.32 Å². The maximum Gasteiger partial charge on any atom is 0.198 e. The first-order valence-corrected chi connectivity index (χ1v) is 11.0. The molecule has 0 saturated carbocycles. The Bertz CT molecular complexity index is 798. The lowest BCUT2D eigenvalue weighted by molar-refractivity contribution is 0.213. The molecule has 0 aliphatic carbocycles. The molecular weight excluding hydrogens is 366 g/mol. The molecule has 2 aromatic rings. The molecule has 0 radical (unpaired) electrons. The zero-order valence-corrected chi connectivity index (χ0v) is 18.5. The number of phenolic OH excluding ortho intramolecular Hbond substituents is 1. The van der Waals surface area contributed by atoms with Gasteiger partial charge in [0.15, 0.2) is 5.96 Å². The molecule has 2 atom stereocenters. The van der Waals surface area contributed by atoms with Gasteiger partial charge in [0.25, 0.3) is 0 Å². The quantitative estimate of drug-likeness (QED) is 0.395. The Balaban J connectivity index is 1.90. The number of piperidine rings is 1. The summed E-state index contributed by atoms with van der Waals surface area (Å²) in [5.74, 6) is 2.38. The first-order chi connectivity index (χ1) is 13.2. The van der Waals surface area contributed by atoms with Gasteiger partial charge in [-0.3, -0.25) is 0 Å². The van der Waals surface area contributed by atoms with Crippen LogP contribution in [0.1, 0.15) is 51.5 Å². The number of aromatic hydroxyl groups is 1. The molecule has 1 aliphatic heterocycles. The van der Waals surface area contributed by atoms with E-state index >= 15 is 0 Å². The minimum Gasteiger partial charge on any atom is -0.506 e. The minimum atomic E-state index is 0.0204. The Hall–Kier alpha value is -2.01. The van der Waals surface area contributed by atoms with Crippen LogP contribution in [-0.4, -0.2) is 29.1 Å². The van der Waals surface area contributed by atoms with E-state index in [-0.39, 0.29) is 11.2 Å². The molecule has 28 heavy (non-hydrogen) atoms. The Morgan fingerprint density at radius 3 is 2.54 bits per heavy atom. The Labute approximate surface area is 173 Å². The fourth-order valence-electron chi connectivity index (χ4n) is 3.83. The maximum absolute atomic E-state index is 10.5. The van der Waals surface area contributed by atoms with Crippen molar-refractivity contribution in [3.63, 3.8) is 0 Å². The van der Waals surface area contributed by atoms with Crippen LogP contribution in [0.5, 0.6) is 5.75 Å². The second-order valence-corrected chi connectivity index (χ2v) is 10.2. The van der Waals surface area contributed by atoms with E-state index in [1.807, 2.05) is 12.1 Å². The summed E-state index contributed by atoms with van der Waals surface area (Å²) in [4.78, 5) is 8.50. The summed E-state index contributed by atoms with van der Waals surface area (Å²) in [6.45, 7) is 13.8. The number of hydrogen-bond acceptors (Lipinski definition) is 3. The van der Waals surface area contributed by atoms with E-state index in [2.05, 4.69) is 62.3 Å². The van der Waals surface area contributed by atoms with Crippen LogP contribution in [0.4, 0.5) is 5.69 Å². The Kier molecular flexibility index (Phi) is 6.33. The SMILES string of the molecule is CC1CC(C)CN(C(=NCc2cccs2)Nc2cc(C(C)(C)C)ccc2O)C1. The molecule has 2 unspecified atom stereocenters. The van der Waals surface area contributed by atoms with Gasteiger partial charge in [-0.1, -0.05) is 46.8 Å². The van der Waals surface area contributed by atoms with Crippen molar-refractivity contribution in [1.82, 2.24) is 4.90 Å². The van der Waals surface area contributed by atoms with Gasteiger partial charge in [0, 0.05) is 18.0 Å². The van der Waals surface area contributed by atoms with E-state index in [1.54, 1.807) is 17.4 Å². The highest BCUT2D eigenvalue weighted by Crippen LogP contribution is 2.31. The van der Waals surface area contributed by atoms with Gasteiger partial charge in [-0.2, -0.15) is 0 Å². The predicted molar refractivity (Wildman–Crippen MR) is 120 cm³/mol. The van der Waals surface area contributed by atoms with Crippen LogP contribution in [-0.2, 0) is 12.0 Å². The fourth-order valence-corrected chi connectivity index (χ4v) is 4.46. The van der Waals surface area contributed by atoms with Crippen LogP contribution in [0.3, 0.4) is 0 Å². The number of anilines is 1. The van der Waals surface area contributed by atoms with Crippen molar-refractivity contribution in [1.29, 1.82) is 0 Å². The highest BCUT2D eigenvalue weighted by molar-refractivity contribution is 7.09. The van der Waals surface area contributed by atoms with E-state index < -0.39 is 0 Å². The molecule has 0 amide bonds. The van der Waals surface area contributed by atoms with Gasteiger partial charge in [0.2, 0.25) is 0 Å². The van der Waals surface area contributed by atoms with E-state index in [4.69, 9.17) is 4.99 Å². The van der Waals surface area contributed by atoms with Crippen LogP contribution >= 0.6 is 11.3 Å². The van der Waals surface area contributed by atoms with Gasteiger partial charge < -0.3 is 15.3 Å². The van der Waals surface area contributed by atoms with Gasteiger partial charge in [-0.15, -0.1) is 11.3 Å². The number of rotatable bonds is 3. The number of benzene rings is 1. The highest BCUT2D eigenvalue weighted by Gasteiger charge is 2.25. The standard InChI is InChI=1S/C23H33N3OS/c1-16-11-17(2)15-26(14-16)22(24-13-19-7-6-10-28-19)25-20-12-18(23(3,4)5)8-9-21(20)27/h6-10,12,16-17,27H,11,13-15H2,1-5H3,(H,24,25). The number of nitrogens with one attached hydrogen (secondary N) is 1. The van der Waals surface area contributed by atoms with Crippen LogP contribution in [0.15, 0.2) is 40.7 Å². The molecule has 2 N–H and O–H groups in total. The number of guanidine groups is 1. The van der Waals surface area contributed by atoms with Gasteiger partial charge in [0.05, 0.1) is 12.2 Å². The average Bonchev–Trinajstić information content (AvgIpc) is 3.11. The zero-order chi connectivity index (χ0) is 20.3. The largest absolute Gasteiger partial charge is 0.506 e. The molecule has 1 fully saturated rings. The summed E-state index contributed by atoms with van der Waals surface area (Å²) in [6, 6.07) is 10.00. The Morgan fingerprint density at radius 1 is 1.21 bits per heavy atom. The lowest BCUT2D eigenvalue weighted by atomic mass is 9.87. The highest BCUT2D eigenvalue weighted by atomic mass is 32.1. The normalized spacial score (nSPS) is 21.0. The number of thiophene rings is 1. The molecule has 5 heteroatoms. The van der Waals surface area contributed by atoms with E-state index in [0.29, 0.717) is 18.4 Å². The number of phenols is 1. The van der Waals surface area contributed by atoms with Crippen molar-refractivity contribution in [2.75, 3.05) is 18.4 Å². The molecular formula is C23H33N3OS. The van der Waals surface area contributed by atoms with Gasteiger partial charge >= 0.3 is 0 Å². The molecule has 3 rings (SSSR count). The van der Waals surface area contributed by atoms with E-state index in [0.717, 1.165) is 24.7 Å². The van der Waals surface area contributed by atoms with Gasteiger partial charge in [-0.25, -0.2) is 4.99 Å². The lowest BCUT2D eigenvalue weighted by Crippen LogP contribution is -2.45. The Morgan fingerprint density at radius 2 is 1.93 bits per heavy atom. The number of likely N-dealkylation sites (tertiary alicyclic amines) is 1. The van der Waals surface area contributed by atoms with E-state index in [1.165, 1.54) is 16.9 Å². The van der Waals surface area contributed by atoms with Crippen LogP contribution in [0.25, 0.3) is 0 Å². The third kappa shape index (κ3) is 5.28. The first-order valence-electron chi connectivity index (χ1n) is 10.1. The van der Waals surface area contributed by atoms with Crippen molar-refractivity contribution in [3.05, 3.63) is 46.2 Å². The van der Waals surface area contributed by atoms with Crippen molar-refractivity contribution in [2.24, 2.45) is 16.8 Å². The average molecular weight is 400 g/mol. The summed E-state index contributed by atoms with van der Waals surface area (Å²) in [5, 5.41) is 16.0. The summed E-state index contributed by atoms with van der Waals surface area (Å²) < 4.78 is 0. The number of nitrogens with zero attached hydrogens (tertiary/aromatic N) is 2. The van der Waals surface area contributed by atoms with Gasteiger partial charge in [-0.05, 0) is 52.8 Å². The summed E-state index contributed by atoms with van der Waals surface area (Å²) >= 11 is 1.73. The third-order valence-electron chi connectivity index (χ3n) is 5.24. The summed E-state index contributed by atoms with van der Waals surface area (Å²) in [6.07, 6.45) is 1.25. The molecule has 1 aromatic carbocycles. The maximum atomic E-state index is 10.5. The molecule has 1 aliphatic rings. The zero-order valence-electron chi connectivity index (χ0n) is 17.7. The van der Waals surface area contributed by atoms with Crippen molar-refractivity contribution in [2.45, 2.75) is 53.0 Å². The first kappa shape index (κ1) is 20.7. The minimum absolute atomic E-state index is 0.0204. The van der Waals surface area contributed by atoms with Crippen molar-refractivity contribution < 1.29 is 5.11 Å². The summed E-state index contributed by atoms with van der Waals surface area (Å²) in [5.41, 5.74) is 1.93. The second kappa shape index (κ2) is 8.56. The smallest absolute Gasteiger partial charge is 0.198 e.